The molecule has 2 heterocycles. The van der Waals surface area contributed by atoms with E-state index in [0.29, 0.717) is 28.8 Å². The van der Waals surface area contributed by atoms with Crippen LogP contribution in [0.25, 0.3) is 22.7 Å². The minimum Gasteiger partial charge on any atom is -0.496 e. The Morgan fingerprint density at radius 3 is 2.66 bits per heavy atom. The summed E-state index contributed by atoms with van der Waals surface area (Å²) in [6, 6.07) is 17.3. The molecule has 29 heavy (non-hydrogen) atoms. The monoisotopic (exact) mass is 408 g/mol. The molecular formula is C22H20N2O4S. The molecule has 2 aromatic carbocycles. The topological polar surface area (TPSA) is 78.4 Å². The number of nitrogens with zero attached hydrogens (tertiary/aromatic N) is 2. The lowest BCUT2D eigenvalue weighted by Crippen LogP contribution is -1.99. The summed E-state index contributed by atoms with van der Waals surface area (Å²) in [6.07, 6.45) is 1.55. The van der Waals surface area contributed by atoms with Crippen molar-refractivity contribution in [3.8, 4) is 28.5 Å². The number of hydrogen-bond acceptors (Lipinski definition) is 6. The lowest BCUT2D eigenvalue weighted by molar-refractivity contribution is 0.394. The maximum absolute atomic E-state index is 12.6. The summed E-state index contributed by atoms with van der Waals surface area (Å²) < 4.78 is 28.8. The number of rotatable bonds is 7. The fourth-order valence-corrected chi connectivity index (χ4v) is 3.96. The van der Waals surface area contributed by atoms with E-state index in [1.54, 1.807) is 19.4 Å². The molecule has 0 saturated carbocycles. The van der Waals surface area contributed by atoms with Gasteiger partial charge in [0.2, 0.25) is 5.89 Å². The molecule has 4 aromatic rings. The van der Waals surface area contributed by atoms with Crippen molar-refractivity contribution >= 4 is 10.8 Å². The average molecular weight is 408 g/mol. The molecule has 1 unspecified atom stereocenters. The minimum atomic E-state index is -1.21. The molecule has 7 heteroatoms. The number of oxazole rings is 1. The third-order valence-electron chi connectivity index (χ3n) is 4.40. The van der Waals surface area contributed by atoms with Crippen LogP contribution in [-0.2, 0) is 22.3 Å². The highest BCUT2D eigenvalue weighted by atomic mass is 32.2. The standard InChI is InChI=1S/C22H20N2O4S/c1-15-7-9-16(10-8-15)22-23-17(12-27-22)13-29(25)14-18-11-20(24-28-18)19-5-3-4-6-21(19)26-2/h3-12H,13-14H2,1-2H3. The number of aromatic nitrogens is 2. The summed E-state index contributed by atoms with van der Waals surface area (Å²) in [5, 5.41) is 4.08. The van der Waals surface area contributed by atoms with Crippen molar-refractivity contribution in [2.75, 3.05) is 7.11 Å². The van der Waals surface area contributed by atoms with Crippen LogP contribution in [0.3, 0.4) is 0 Å². The fraction of sp³-hybridized carbons (Fsp3) is 0.182. The second-order valence-electron chi connectivity index (χ2n) is 6.62. The summed E-state index contributed by atoms with van der Waals surface area (Å²) in [5.41, 5.74) is 4.18. The van der Waals surface area contributed by atoms with Crippen LogP contribution >= 0.6 is 0 Å². The van der Waals surface area contributed by atoms with Gasteiger partial charge in [-0.3, -0.25) is 4.21 Å². The molecule has 0 bridgehead atoms. The van der Waals surface area contributed by atoms with E-state index in [-0.39, 0.29) is 11.5 Å². The Morgan fingerprint density at radius 2 is 1.86 bits per heavy atom. The number of hydrogen-bond donors (Lipinski definition) is 0. The van der Waals surface area contributed by atoms with Crippen molar-refractivity contribution < 1.29 is 17.9 Å². The molecule has 0 aliphatic heterocycles. The van der Waals surface area contributed by atoms with Gasteiger partial charge in [-0.05, 0) is 31.2 Å². The van der Waals surface area contributed by atoms with E-state index in [4.69, 9.17) is 13.7 Å². The van der Waals surface area contributed by atoms with Gasteiger partial charge in [0.25, 0.3) is 0 Å². The van der Waals surface area contributed by atoms with E-state index < -0.39 is 10.8 Å². The van der Waals surface area contributed by atoms with Crippen LogP contribution in [0.5, 0.6) is 5.75 Å². The van der Waals surface area contributed by atoms with Crippen molar-refractivity contribution in [1.82, 2.24) is 10.1 Å². The molecule has 0 aliphatic rings. The third kappa shape index (κ3) is 4.46. The Labute approximate surface area is 171 Å². The van der Waals surface area contributed by atoms with Crippen molar-refractivity contribution in [2.24, 2.45) is 0 Å². The summed E-state index contributed by atoms with van der Waals surface area (Å²) in [6.45, 7) is 2.02. The Morgan fingerprint density at radius 1 is 1.07 bits per heavy atom. The lowest BCUT2D eigenvalue weighted by atomic mass is 10.1. The molecule has 0 spiro atoms. The second kappa shape index (κ2) is 8.45. The summed E-state index contributed by atoms with van der Waals surface area (Å²) in [7, 11) is 0.402. The molecule has 0 amide bonds. The highest BCUT2D eigenvalue weighted by molar-refractivity contribution is 7.83. The fourth-order valence-electron chi connectivity index (χ4n) is 2.94. The number of ether oxygens (including phenoxy) is 1. The molecule has 148 valence electrons. The highest BCUT2D eigenvalue weighted by Crippen LogP contribution is 2.29. The second-order valence-corrected chi connectivity index (χ2v) is 8.07. The predicted octanol–water partition coefficient (Wildman–Crippen LogP) is 4.76. The molecule has 4 rings (SSSR count). The number of methoxy groups -OCH3 is 1. The van der Waals surface area contributed by atoms with E-state index in [9.17, 15) is 4.21 Å². The van der Waals surface area contributed by atoms with Crippen LogP contribution < -0.4 is 4.74 Å². The van der Waals surface area contributed by atoms with Crippen LogP contribution in [0, 0.1) is 6.92 Å². The van der Waals surface area contributed by atoms with Gasteiger partial charge in [0.05, 0.1) is 24.3 Å². The van der Waals surface area contributed by atoms with Gasteiger partial charge in [-0.1, -0.05) is 35.0 Å². The van der Waals surface area contributed by atoms with Crippen LogP contribution in [0.2, 0.25) is 0 Å². The number of aryl methyl sites for hydroxylation is 1. The first-order chi connectivity index (χ1) is 14.1. The Balaban J connectivity index is 1.42. The number of para-hydroxylation sites is 1. The largest absolute Gasteiger partial charge is 0.496 e. The zero-order chi connectivity index (χ0) is 20.2. The Hall–Kier alpha value is -3.19. The zero-order valence-corrected chi connectivity index (χ0v) is 16.9. The van der Waals surface area contributed by atoms with Crippen LogP contribution in [0.1, 0.15) is 17.0 Å². The van der Waals surface area contributed by atoms with Crippen molar-refractivity contribution in [1.29, 1.82) is 0 Å². The van der Waals surface area contributed by atoms with Gasteiger partial charge in [0, 0.05) is 28.0 Å². The lowest BCUT2D eigenvalue weighted by Gasteiger charge is -2.03. The number of benzene rings is 2. The first-order valence-electron chi connectivity index (χ1n) is 9.08. The SMILES string of the molecule is COc1ccccc1-c1cc(CS(=O)Cc2coc(-c3ccc(C)cc3)n2)on1. The van der Waals surface area contributed by atoms with Gasteiger partial charge < -0.3 is 13.7 Å². The molecule has 1 atom stereocenters. The minimum absolute atomic E-state index is 0.245. The van der Waals surface area contributed by atoms with E-state index in [1.165, 1.54) is 5.56 Å². The van der Waals surface area contributed by atoms with Gasteiger partial charge >= 0.3 is 0 Å². The van der Waals surface area contributed by atoms with Crippen LogP contribution in [0.4, 0.5) is 0 Å². The zero-order valence-electron chi connectivity index (χ0n) is 16.1. The Bertz CT molecular complexity index is 1130. The maximum Gasteiger partial charge on any atom is 0.226 e. The normalized spacial score (nSPS) is 12.1. The average Bonchev–Trinajstić information content (AvgIpc) is 3.38. The van der Waals surface area contributed by atoms with Crippen molar-refractivity contribution in [2.45, 2.75) is 18.4 Å². The van der Waals surface area contributed by atoms with Crippen LogP contribution in [0.15, 0.2) is 69.8 Å². The van der Waals surface area contributed by atoms with E-state index in [1.807, 2.05) is 55.5 Å². The van der Waals surface area contributed by atoms with Gasteiger partial charge in [0.1, 0.15) is 23.5 Å². The maximum atomic E-state index is 12.6. The van der Waals surface area contributed by atoms with Gasteiger partial charge in [-0.25, -0.2) is 4.98 Å². The van der Waals surface area contributed by atoms with E-state index >= 15 is 0 Å². The molecule has 2 aromatic heterocycles. The van der Waals surface area contributed by atoms with Crippen molar-refractivity contribution in [3.63, 3.8) is 0 Å². The van der Waals surface area contributed by atoms with E-state index in [2.05, 4.69) is 10.1 Å². The smallest absolute Gasteiger partial charge is 0.226 e. The molecule has 0 N–H and O–H groups in total. The summed E-state index contributed by atoms with van der Waals surface area (Å²) in [4.78, 5) is 4.44. The van der Waals surface area contributed by atoms with Gasteiger partial charge in [-0.15, -0.1) is 0 Å². The first-order valence-corrected chi connectivity index (χ1v) is 10.6. The first kappa shape index (κ1) is 19.1. The third-order valence-corrected chi connectivity index (χ3v) is 5.63. The quantitative estimate of drug-likeness (QED) is 0.439. The van der Waals surface area contributed by atoms with Gasteiger partial charge in [-0.2, -0.15) is 0 Å². The molecule has 0 aliphatic carbocycles. The molecule has 0 fully saturated rings. The summed E-state index contributed by atoms with van der Waals surface area (Å²) in [5.74, 6) is 2.30. The van der Waals surface area contributed by atoms with Crippen LogP contribution in [-0.4, -0.2) is 21.5 Å². The predicted molar refractivity (Wildman–Crippen MR) is 111 cm³/mol. The van der Waals surface area contributed by atoms with E-state index in [0.717, 1.165) is 11.1 Å². The highest BCUT2D eigenvalue weighted by Gasteiger charge is 2.15. The van der Waals surface area contributed by atoms with Crippen molar-refractivity contribution in [3.05, 3.63) is 77.9 Å². The Kier molecular flexibility index (Phi) is 5.57. The molecular weight excluding hydrogens is 388 g/mol. The van der Waals surface area contributed by atoms with Gasteiger partial charge in [0.15, 0.2) is 0 Å². The summed E-state index contributed by atoms with van der Waals surface area (Å²) >= 11 is 0. The molecule has 0 saturated heterocycles. The molecule has 0 radical (unpaired) electrons. The molecule has 6 nitrogen and oxygen atoms in total.